The quantitative estimate of drug-likeness (QED) is 0.574. The van der Waals surface area contributed by atoms with Crippen LogP contribution in [0, 0.1) is 0 Å². The summed E-state index contributed by atoms with van der Waals surface area (Å²) in [5.74, 6) is 1.15. The maximum atomic E-state index is 13.0. The smallest absolute Gasteiger partial charge is 0.161 e. The van der Waals surface area contributed by atoms with Crippen LogP contribution in [0.4, 0.5) is 5.69 Å². The lowest BCUT2D eigenvalue weighted by Gasteiger charge is -2.35. The average Bonchev–Trinajstić information content (AvgIpc) is 2.77. The van der Waals surface area contributed by atoms with Gasteiger partial charge in [0.2, 0.25) is 0 Å². The number of Topliss-reactive ketones (excluding diaryl/α,β-unsaturated/α-hetero) is 1. The number of benzene rings is 3. The monoisotopic (exact) mass is 383 g/mol. The second kappa shape index (κ2) is 7.40. The summed E-state index contributed by atoms with van der Waals surface area (Å²) in [6, 6.07) is 20.9. The summed E-state index contributed by atoms with van der Waals surface area (Å²) in [5, 5.41) is 6.12. The SMILES string of the molecule is CCCOc1ccc(C2Nc3ccc4ccccc4c3C3=C2C(=O)CCC3)cc1. The van der Waals surface area contributed by atoms with E-state index in [0.29, 0.717) is 6.42 Å². The van der Waals surface area contributed by atoms with Crippen LogP contribution >= 0.6 is 0 Å². The van der Waals surface area contributed by atoms with Crippen LogP contribution in [0.25, 0.3) is 16.3 Å². The van der Waals surface area contributed by atoms with Crippen LogP contribution in [0.15, 0.2) is 66.2 Å². The highest BCUT2D eigenvalue weighted by molar-refractivity contribution is 6.12. The van der Waals surface area contributed by atoms with Crippen molar-refractivity contribution >= 4 is 27.8 Å². The molecule has 3 aromatic rings. The molecule has 0 spiro atoms. The first-order valence-corrected chi connectivity index (χ1v) is 10.5. The lowest BCUT2D eigenvalue weighted by atomic mass is 9.77. The highest BCUT2D eigenvalue weighted by Crippen LogP contribution is 2.47. The number of carbonyl (C=O) groups is 1. The first kappa shape index (κ1) is 18.0. The molecule has 1 aliphatic heterocycles. The molecule has 0 amide bonds. The summed E-state index contributed by atoms with van der Waals surface area (Å²) in [6.45, 7) is 2.82. The number of allylic oxidation sites excluding steroid dienone is 1. The standard InChI is InChI=1S/C26H25NO2/c1-2-16-29-19-13-10-18(11-14-19)26-25-21(8-5-9-23(25)28)24-20-7-4-3-6-17(20)12-15-22(24)27-26/h3-4,6-7,10-15,26-27H,2,5,8-9,16H2,1H3. The van der Waals surface area contributed by atoms with E-state index in [0.717, 1.165) is 48.4 Å². The van der Waals surface area contributed by atoms with Gasteiger partial charge in [-0.25, -0.2) is 0 Å². The third kappa shape index (κ3) is 3.11. The zero-order valence-corrected chi connectivity index (χ0v) is 16.7. The van der Waals surface area contributed by atoms with E-state index in [-0.39, 0.29) is 11.8 Å². The van der Waals surface area contributed by atoms with Gasteiger partial charge in [-0.2, -0.15) is 0 Å². The summed E-state index contributed by atoms with van der Waals surface area (Å²) < 4.78 is 5.73. The molecular formula is C26H25NO2. The molecule has 1 aliphatic carbocycles. The molecule has 3 heteroatoms. The van der Waals surface area contributed by atoms with Crippen LogP contribution in [0.3, 0.4) is 0 Å². The van der Waals surface area contributed by atoms with Crippen molar-refractivity contribution in [3.8, 4) is 5.75 Å². The summed E-state index contributed by atoms with van der Waals surface area (Å²) >= 11 is 0. The highest BCUT2D eigenvalue weighted by Gasteiger charge is 2.34. The molecule has 0 aromatic heterocycles. The molecule has 3 aromatic carbocycles. The van der Waals surface area contributed by atoms with Crippen LogP contribution in [0.5, 0.6) is 5.75 Å². The molecule has 0 radical (unpaired) electrons. The number of hydrogen-bond acceptors (Lipinski definition) is 3. The van der Waals surface area contributed by atoms with Crippen LogP contribution < -0.4 is 10.1 Å². The first-order chi connectivity index (χ1) is 14.3. The van der Waals surface area contributed by atoms with Gasteiger partial charge in [0.25, 0.3) is 0 Å². The first-order valence-electron chi connectivity index (χ1n) is 10.5. The predicted molar refractivity (Wildman–Crippen MR) is 118 cm³/mol. The molecule has 3 nitrogen and oxygen atoms in total. The second-order valence-electron chi connectivity index (χ2n) is 7.87. The molecule has 1 unspecified atom stereocenters. The Morgan fingerprint density at radius 3 is 2.66 bits per heavy atom. The van der Waals surface area contributed by atoms with E-state index >= 15 is 0 Å². The fourth-order valence-electron chi connectivity index (χ4n) is 4.63. The molecule has 2 aliphatic rings. The molecule has 29 heavy (non-hydrogen) atoms. The summed E-state index contributed by atoms with van der Waals surface area (Å²) in [5.41, 5.74) is 5.61. The summed E-state index contributed by atoms with van der Waals surface area (Å²) in [4.78, 5) is 13.0. The number of ketones is 1. The zero-order chi connectivity index (χ0) is 19.8. The Kier molecular flexibility index (Phi) is 4.59. The van der Waals surface area contributed by atoms with E-state index in [2.05, 4.69) is 60.8 Å². The molecule has 146 valence electrons. The van der Waals surface area contributed by atoms with Crippen LogP contribution in [-0.4, -0.2) is 12.4 Å². The number of anilines is 1. The van der Waals surface area contributed by atoms with Gasteiger partial charge in [-0.3, -0.25) is 4.79 Å². The van der Waals surface area contributed by atoms with Crippen molar-refractivity contribution in [2.24, 2.45) is 0 Å². The van der Waals surface area contributed by atoms with E-state index in [1.54, 1.807) is 0 Å². The van der Waals surface area contributed by atoms with Gasteiger partial charge in [0, 0.05) is 23.2 Å². The summed E-state index contributed by atoms with van der Waals surface area (Å²) in [7, 11) is 0. The van der Waals surface area contributed by atoms with E-state index in [1.165, 1.54) is 21.9 Å². The number of rotatable bonds is 4. The minimum atomic E-state index is -0.105. The number of nitrogens with one attached hydrogen (secondary N) is 1. The topological polar surface area (TPSA) is 38.3 Å². The third-order valence-electron chi connectivity index (χ3n) is 5.96. The Hall–Kier alpha value is -3.07. The van der Waals surface area contributed by atoms with Gasteiger partial charge >= 0.3 is 0 Å². The molecular weight excluding hydrogens is 358 g/mol. The van der Waals surface area contributed by atoms with Gasteiger partial charge in [-0.15, -0.1) is 0 Å². The van der Waals surface area contributed by atoms with Crippen molar-refractivity contribution in [1.82, 2.24) is 0 Å². The second-order valence-corrected chi connectivity index (χ2v) is 7.87. The minimum absolute atomic E-state index is 0.105. The van der Waals surface area contributed by atoms with Gasteiger partial charge in [0.05, 0.1) is 12.6 Å². The van der Waals surface area contributed by atoms with Crippen LogP contribution in [0.2, 0.25) is 0 Å². The van der Waals surface area contributed by atoms with Crippen molar-refractivity contribution in [3.05, 3.63) is 77.4 Å². The fraction of sp³-hybridized carbons (Fsp3) is 0.269. The maximum Gasteiger partial charge on any atom is 0.161 e. The molecule has 1 atom stereocenters. The molecule has 5 rings (SSSR count). The zero-order valence-electron chi connectivity index (χ0n) is 16.7. The number of hydrogen-bond donors (Lipinski definition) is 1. The van der Waals surface area contributed by atoms with E-state index in [4.69, 9.17) is 4.74 Å². The Labute approximate surface area is 171 Å². The normalized spacial score (nSPS) is 18.2. The molecule has 0 saturated heterocycles. The van der Waals surface area contributed by atoms with E-state index < -0.39 is 0 Å². The Morgan fingerprint density at radius 1 is 1.00 bits per heavy atom. The third-order valence-corrected chi connectivity index (χ3v) is 5.96. The highest BCUT2D eigenvalue weighted by atomic mass is 16.5. The minimum Gasteiger partial charge on any atom is -0.494 e. The molecule has 0 saturated carbocycles. The maximum absolute atomic E-state index is 13.0. The van der Waals surface area contributed by atoms with Gasteiger partial charge < -0.3 is 10.1 Å². The van der Waals surface area contributed by atoms with Gasteiger partial charge in [0.1, 0.15) is 5.75 Å². The molecule has 0 bridgehead atoms. The largest absolute Gasteiger partial charge is 0.494 e. The van der Waals surface area contributed by atoms with Gasteiger partial charge in [-0.05, 0) is 59.4 Å². The number of carbonyl (C=O) groups excluding carboxylic acids is 1. The van der Waals surface area contributed by atoms with E-state index in [9.17, 15) is 4.79 Å². The van der Waals surface area contributed by atoms with Crippen LogP contribution in [0.1, 0.15) is 49.8 Å². The molecule has 0 fully saturated rings. The lowest BCUT2D eigenvalue weighted by molar-refractivity contribution is -0.116. The van der Waals surface area contributed by atoms with Crippen molar-refractivity contribution < 1.29 is 9.53 Å². The van der Waals surface area contributed by atoms with Crippen molar-refractivity contribution in [1.29, 1.82) is 0 Å². The van der Waals surface area contributed by atoms with E-state index in [1.807, 2.05) is 12.1 Å². The number of fused-ring (bicyclic) bond motifs is 4. The van der Waals surface area contributed by atoms with Gasteiger partial charge in [0.15, 0.2) is 5.78 Å². The molecule has 1 N–H and O–H groups in total. The summed E-state index contributed by atoms with van der Waals surface area (Å²) in [6.07, 6.45) is 3.50. The van der Waals surface area contributed by atoms with Crippen LogP contribution in [-0.2, 0) is 4.79 Å². The Bertz CT molecular complexity index is 1110. The van der Waals surface area contributed by atoms with Gasteiger partial charge in [-0.1, -0.05) is 49.4 Å². The van der Waals surface area contributed by atoms with Crippen molar-refractivity contribution in [3.63, 3.8) is 0 Å². The fourth-order valence-corrected chi connectivity index (χ4v) is 4.63. The molecule has 1 heterocycles. The predicted octanol–water partition coefficient (Wildman–Crippen LogP) is 6.30. The van der Waals surface area contributed by atoms with Crippen molar-refractivity contribution in [2.45, 2.75) is 38.6 Å². The Morgan fingerprint density at radius 2 is 1.83 bits per heavy atom. The lowest BCUT2D eigenvalue weighted by Crippen LogP contribution is -2.27. The number of ether oxygens (including phenoxy) is 1. The Balaban J connectivity index is 1.63. The van der Waals surface area contributed by atoms with Crippen molar-refractivity contribution in [2.75, 3.05) is 11.9 Å². The average molecular weight is 383 g/mol.